The van der Waals surface area contributed by atoms with Crippen LogP contribution in [-0.2, 0) is 9.53 Å². The number of hydrogen-bond donors (Lipinski definition) is 0. The summed E-state index contributed by atoms with van der Waals surface area (Å²) < 4.78 is 16.6. The molecule has 0 aliphatic heterocycles. The zero-order valence-electron chi connectivity index (χ0n) is 19.8. The summed E-state index contributed by atoms with van der Waals surface area (Å²) in [4.78, 5) is 23.8. The van der Waals surface area contributed by atoms with Crippen molar-refractivity contribution in [1.29, 1.82) is 0 Å². The van der Waals surface area contributed by atoms with Gasteiger partial charge in [0, 0.05) is 12.5 Å². The zero-order chi connectivity index (χ0) is 23.8. The third kappa shape index (κ3) is 7.48. The Labute approximate surface area is 196 Å². The summed E-state index contributed by atoms with van der Waals surface area (Å²) in [5, 5.41) is 0. The van der Waals surface area contributed by atoms with Crippen molar-refractivity contribution in [3.05, 3.63) is 72.3 Å². The van der Waals surface area contributed by atoms with Crippen LogP contribution in [0.2, 0.25) is 0 Å². The summed E-state index contributed by atoms with van der Waals surface area (Å²) in [6.07, 6.45) is 6.25. The van der Waals surface area contributed by atoms with Crippen LogP contribution in [-0.4, -0.2) is 24.1 Å². The highest BCUT2D eigenvalue weighted by molar-refractivity contribution is 5.91. The molecule has 0 heterocycles. The van der Waals surface area contributed by atoms with Crippen LogP contribution < -0.4 is 9.47 Å². The summed E-state index contributed by atoms with van der Waals surface area (Å²) in [5.74, 6) is 1.76. The maximum absolute atomic E-state index is 12.5. The van der Waals surface area contributed by atoms with E-state index in [0.717, 1.165) is 12.0 Å². The van der Waals surface area contributed by atoms with Crippen LogP contribution in [0.15, 0.2) is 61.2 Å². The van der Waals surface area contributed by atoms with Crippen molar-refractivity contribution in [2.24, 2.45) is 5.92 Å². The molecule has 33 heavy (non-hydrogen) atoms. The third-order valence-corrected chi connectivity index (χ3v) is 6.15. The normalized spacial score (nSPS) is 19.7. The number of hydrogen-bond acceptors (Lipinski definition) is 5. The average molecular weight is 451 g/mol. The smallest absolute Gasteiger partial charge is 0.343 e. The zero-order valence-corrected chi connectivity index (χ0v) is 19.8. The monoisotopic (exact) mass is 450 g/mol. The van der Waals surface area contributed by atoms with Gasteiger partial charge in [-0.05, 0) is 80.5 Å². The van der Waals surface area contributed by atoms with Crippen molar-refractivity contribution in [2.75, 3.05) is 0 Å². The lowest BCUT2D eigenvalue weighted by Gasteiger charge is -2.26. The first-order chi connectivity index (χ1) is 15.8. The largest absolute Gasteiger partial charge is 0.491 e. The quantitative estimate of drug-likeness (QED) is 0.249. The molecule has 0 bridgehead atoms. The second kappa shape index (κ2) is 11.7. The molecule has 2 aromatic carbocycles. The Balaban J connectivity index is 1.49. The first-order valence-electron chi connectivity index (χ1n) is 11.8. The van der Waals surface area contributed by atoms with Gasteiger partial charge in [0.2, 0.25) is 0 Å². The fraction of sp³-hybridized carbons (Fsp3) is 0.429. The number of carbonyl (C=O) groups excluding carboxylic acids is 2. The first-order valence-corrected chi connectivity index (χ1v) is 11.8. The predicted molar refractivity (Wildman–Crippen MR) is 129 cm³/mol. The number of carbonyl (C=O) groups is 2. The Morgan fingerprint density at radius 3 is 2.15 bits per heavy atom. The van der Waals surface area contributed by atoms with E-state index in [1.807, 2.05) is 26.0 Å². The van der Waals surface area contributed by atoms with Crippen molar-refractivity contribution >= 4 is 11.9 Å². The van der Waals surface area contributed by atoms with Crippen LogP contribution in [0.25, 0.3) is 0 Å². The second-order valence-electron chi connectivity index (χ2n) is 9.06. The lowest BCUT2D eigenvalue weighted by atomic mass is 9.79. The van der Waals surface area contributed by atoms with Crippen LogP contribution in [0, 0.1) is 5.92 Å². The van der Waals surface area contributed by atoms with Gasteiger partial charge in [-0.25, -0.2) is 9.59 Å². The molecule has 1 fully saturated rings. The molecule has 5 nitrogen and oxygen atoms in total. The van der Waals surface area contributed by atoms with Crippen LogP contribution in [0.4, 0.5) is 0 Å². The lowest BCUT2D eigenvalue weighted by Crippen LogP contribution is -2.22. The van der Waals surface area contributed by atoms with Gasteiger partial charge in [0.1, 0.15) is 17.6 Å². The van der Waals surface area contributed by atoms with Gasteiger partial charge < -0.3 is 14.2 Å². The second-order valence-corrected chi connectivity index (χ2v) is 9.06. The van der Waals surface area contributed by atoms with Gasteiger partial charge in [-0.1, -0.05) is 38.5 Å². The molecule has 0 unspecified atom stereocenters. The average Bonchev–Trinajstić information content (AvgIpc) is 2.80. The third-order valence-electron chi connectivity index (χ3n) is 6.15. The number of esters is 2. The van der Waals surface area contributed by atoms with Gasteiger partial charge in [0.05, 0.1) is 11.7 Å². The highest BCUT2D eigenvalue weighted by Gasteiger charge is 2.20. The van der Waals surface area contributed by atoms with Crippen molar-refractivity contribution in [1.82, 2.24) is 0 Å². The maximum Gasteiger partial charge on any atom is 0.343 e. The number of rotatable bonds is 9. The lowest BCUT2D eigenvalue weighted by molar-refractivity contribution is -0.143. The highest BCUT2D eigenvalue weighted by Crippen LogP contribution is 2.36. The van der Waals surface area contributed by atoms with Gasteiger partial charge in [-0.3, -0.25) is 0 Å². The van der Waals surface area contributed by atoms with E-state index in [4.69, 9.17) is 14.2 Å². The molecule has 5 heteroatoms. The van der Waals surface area contributed by atoms with Crippen LogP contribution in [0.1, 0.15) is 74.7 Å². The van der Waals surface area contributed by atoms with E-state index in [0.29, 0.717) is 29.4 Å². The summed E-state index contributed by atoms with van der Waals surface area (Å²) in [6, 6.07) is 14.8. The van der Waals surface area contributed by atoms with Gasteiger partial charge in [0.25, 0.3) is 0 Å². The summed E-state index contributed by atoms with van der Waals surface area (Å²) in [7, 11) is 0. The molecular weight excluding hydrogens is 416 g/mol. The Morgan fingerprint density at radius 2 is 1.55 bits per heavy atom. The minimum Gasteiger partial charge on any atom is -0.491 e. The van der Waals surface area contributed by atoms with Crippen LogP contribution in [0.3, 0.4) is 0 Å². The summed E-state index contributed by atoms with van der Waals surface area (Å²) in [6.45, 7) is 9.42. The van der Waals surface area contributed by atoms with Crippen molar-refractivity contribution in [3.8, 4) is 11.5 Å². The van der Waals surface area contributed by atoms with E-state index in [1.54, 1.807) is 24.3 Å². The minimum absolute atomic E-state index is 0.165. The number of benzene rings is 2. The Kier molecular flexibility index (Phi) is 8.70. The molecule has 0 amide bonds. The predicted octanol–water partition coefficient (Wildman–Crippen LogP) is 6.47. The molecule has 0 saturated heterocycles. The highest BCUT2D eigenvalue weighted by atomic mass is 16.5. The van der Waals surface area contributed by atoms with Crippen molar-refractivity contribution < 1.29 is 23.8 Å². The number of ether oxygens (including phenoxy) is 3. The SMILES string of the molecule is C=CC(=O)O[C@@H](C)C[C@@H](C)Oc1ccc(C(=O)Oc2ccc(C3CCC(C)CC3)cc2)cc1. The van der Waals surface area contributed by atoms with Crippen LogP contribution in [0.5, 0.6) is 11.5 Å². The first kappa shape index (κ1) is 24.6. The topological polar surface area (TPSA) is 61.8 Å². The van der Waals surface area contributed by atoms with E-state index < -0.39 is 11.9 Å². The van der Waals surface area contributed by atoms with Crippen LogP contribution >= 0.6 is 0 Å². The molecule has 176 valence electrons. The molecular formula is C28H34O5. The maximum atomic E-state index is 12.5. The molecule has 2 atom stereocenters. The summed E-state index contributed by atoms with van der Waals surface area (Å²) in [5.41, 5.74) is 1.78. The van der Waals surface area contributed by atoms with Gasteiger partial charge >= 0.3 is 11.9 Å². The molecule has 0 radical (unpaired) electrons. The Morgan fingerprint density at radius 1 is 0.939 bits per heavy atom. The van der Waals surface area contributed by atoms with Gasteiger partial charge in [0.15, 0.2) is 0 Å². The molecule has 0 spiro atoms. The molecule has 3 rings (SSSR count). The molecule has 1 aliphatic carbocycles. The summed E-state index contributed by atoms with van der Waals surface area (Å²) >= 11 is 0. The fourth-order valence-corrected chi connectivity index (χ4v) is 4.28. The van der Waals surface area contributed by atoms with E-state index in [2.05, 4.69) is 25.6 Å². The van der Waals surface area contributed by atoms with Crippen molar-refractivity contribution in [2.45, 2.75) is 71.0 Å². The van der Waals surface area contributed by atoms with E-state index in [1.165, 1.54) is 31.2 Å². The molecule has 0 N–H and O–H groups in total. The van der Waals surface area contributed by atoms with Gasteiger partial charge in [-0.2, -0.15) is 0 Å². The van der Waals surface area contributed by atoms with E-state index in [9.17, 15) is 9.59 Å². The minimum atomic E-state index is -0.448. The molecule has 1 saturated carbocycles. The van der Waals surface area contributed by atoms with Gasteiger partial charge in [-0.15, -0.1) is 0 Å². The molecule has 1 aliphatic rings. The molecule has 2 aromatic rings. The molecule has 0 aromatic heterocycles. The van der Waals surface area contributed by atoms with E-state index in [-0.39, 0.29) is 12.2 Å². The Hall–Kier alpha value is -3.08. The standard InChI is InChI=1S/C28H34O5/c1-5-27(29)32-21(4)18-20(3)31-25-16-12-24(13-17-25)28(30)33-26-14-10-23(11-15-26)22-8-6-19(2)7-9-22/h5,10-17,19-22H,1,6-9,18H2,2-4H3/t19?,20-,21+,22?/m1/s1. The fourth-order valence-electron chi connectivity index (χ4n) is 4.28. The van der Waals surface area contributed by atoms with E-state index >= 15 is 0 Å². The van der Waals surface area contributed by atoms with Crippen molar-refractivity contribution in [3.63, 3.8) is 0 Å². The Bertz CT molecular complexity index is 924.